The first-order valence-corrected chi connectivity index (χ1v) is 8.87. The van der Waals surface area contributed by atoms with E-state index in [4.69, 9.17) is 0 Å². The number of thiol groups is 1. The van der Waals surface area contributed by atoms with Gasteiger partial charge in [0.2, 0.25) is 0 Å². The van der Waals surface area contributed by atoms with Crippen molar-refractivity contribution in [3.8, 4) is 0 Å². The van der Waals surface area contributed by atoms with Gasteiger partial charge in [-0.1, -0.05) is 85.5 Å². The highest BCUT2D eigenvalue weighted by Crippen LogP contribution is 2.40. The van der Waals surface area contributed by atoms with E-state index in [2.05, 4.69) is 19.2 Å². The maximum absolute atomic E-state index is 12.0. The van der Waals surface area contributed by atoms with Crippen LogP contribution in [0.1, 0.15) is 0 Å². The van der Waals surface area contributed by atoms with Gasteiger partial charge in [-0.2, -0.15) is 0 Å². The molecule has 1 amide bonds. The summed E-state index contributed by atoms with van der Waals surface area (Å²) in [6, 6.07) is 15.6. The predicted octanol–water partition coefficient (Wildman–Crippen LogP) is 6.58. The van der Waals surface area contributed by atoms with Crippen LogP contribution < -0.4 is 4.90 Å². The molecule has 0 atom stereocenters. The monoisotopic (exact) mass is 373 g/mol. The number of amides is 1. The van der Waals surface area contributed by atoms with E-state index in [9.17, 15) is 9.90 Å². The molecule has 134 valence electrons. The van der Waals surface area contributed by atoms with Crippen LogP contribution in [0.25, 0.3) is 21.5 Å². The first kappa shape index (κ1) is 18.5. The van der Waals surface area contributed by atoms with Crippen LogP contribution >= 0.6 is 12.6 Å². The fourth-order valence-corrected chi connectivity index (χ4v) is 3.41. The summed E-state index contributed by atoms with van der Waals surface area (Å²) >= 11 is 4.69. The molecule has 3 rings (SSSR count). The van der Waals surface area contributed by atoms with Gasteiger partial charge in [-0.25, -0.2) is 4.79 Å². The van der Waals surface area contributed by atoms with Crippen molar-refractivity contribution in [3.05, 3.63) is 97.8 Å². The Morgan fingerprint density at radius 1 is 0.852 bits per heavy atom. The van der Waals surface area contributed by atoms with Gasteiger partial charge in [0, 0.05) is 16.5 Å². The van der Waals surface area contributed by atoms with Crippen LogP contribution in [-0.2, 0) is 0 Å². The number of fused-ring (bicyclic) bond motifs is 3. The maximum Gasteiger partial charge on any atom is 0.416 e. The SMILES string of the molecule is C=C/C=C/C=C/C=C/N(C(=O)O)c1c(S)c2ccccc2c2ccccc12. The Labute approximate surface area is 163 Å². The highest BCUT2D eigenvalue weighted by atomic mass is 32.1. The van der Waals surface area contributed by atoms with Crippen LogP contribution in [0.2, 0.25) is 0 Å². The van der Waals surface area contributed by atoms with Crippen molar-refractivity contribution in [1.82, 2.24) is 0 Å². The molecule has 3 aromatic carbocycles. The normalized spacial score (nSPS) is 11.9. The van der Waals surface area contributed by atoms with E-state index in [0.29, 0.717) is 10.6 Å². The highest BCUT2D eigenvalue weighted by molar-refractivity contribution is 7.80. The molecule has 0 fully saturated rings. The molecule has 0 radical (unpaired) electrons. The zero-order valence-corrected chi connectivity index (χ0v) is 15.5. The van der Waals surface area contributed by atoms with E-state index >= 15 is 0 Å². The number of allylic oxidation sites excluding steroid dienone is 6. The van der Waals surface area contributed by atoms with Crippen LogP contribution in [-0.4, -0.2) is 11.2 Å². The molecule has 0 heterocycles. The lowest BCUT2D eigenvalue weighted by Gasteiger charge is -2.21. The number of rotatable bonds is 5. The minimum absolute atomic E-state index is 0.548. The van der Waals surface area contributed by atoms with Gasteiger partial charge >= 0.3 is 6.09 Å². The van der Waals surface area contributed by atoms with Gasteiger partial charge < -0.3 is 5.11 Å². The van der Waals surface area contributed by atoms with Gasteiger partial charge in [-0.15, -0.1) is 12.6 Å². The fraction of sp³-hybridized carbons (Fsp3) is 0. The summed E-state index contributed by atoms with van der Waals surface area (Å²) in [6.45, 7) is 3.60. The van der Waals surface area contributed by atoms with Gasteiger partial charge in [-0.3, -0.25) is 4.90 Å². The molecule has 3 aromatic rings. The lowest BCUT2D eigenvalue weighted by atomic mass is 9.99. The van der Waals surface area contributed by atoms with Crippen molar-refractivity contribution in [1.29, 1.82) is 0 Å². The fourth-order valence-electron chi connectivity index (χ4n) is 2.99. The summed E-state index contributed by atoms with van der Waals surface area (Å²) in [5.74, 6) is 0. The standard InChI is InChI=1S/C23H19NO2S/c1-2-3-4-5-6-11-16-24(23(25)26)21-19-14-9-7-12-17(19)18-13-8-10-15-20(18)22(21)27/h2-16,27H,1H2,(H,25,26)/b4-3+,6-5+,16-11+. The van der Waals surface area contributed by atoms with Crippen LogP contribution in [0, 0.1) is 0 Å². The van der Waals surface area contributed by atoms with Crippen LogP contribution in [0.3, 0.4) is 0 Å². The van der Waals surface area contributed by atoms with Crippen LogP contribution in [0.4, 0.5) is 10.5 Å². The number of anilines is 1. The average Bonchev–Trinajstić information content (AvgIpc) is 2.69. The molecule has 0 aliphatic heterocycles. The second kappa shape index (κ2) is 8.43. The van der Waals surface area contributed by atoms with Crippen molar-refractivity contribution < 1.29 is 9.90 Å². The number of carbonyl (C=O) groups is 1. The van der Waals surface area contributed by atoms with Crippen molar-refractivity contribution in [2.75, 3.05) is 4.90 Å². The highest BCUT2D eigenvalue weighted by Gasteiger charge is 2.20. The maximum atomic E-state index is 12.0. The summed E-state index contributed by atoms with van der Waals surface area (Å²) in [5, 5.41) is 13.6. The van der Waals surface area contributed by atoms with E-state index < -0.39 is 6.09 Å². The third-order valence-corrected chi connectivity index (χ3v) is 4.59. The minimum Gasteiger partial charge on any atom is -0.464 e. The molecule has 0 saturated heterocycles. The second-order valence-corrected chi connectivity index (χ2v) is 6.24. The van der Waals surface area contributed by atoms with Crippen molar-refractivity contribution in [2.24, 2.45) is 0 Å². The van der Waals surface area contributed by atoms with E-state index in [0.717, 1.165) is 21.5 Å². The summed E-state index contributed by atoms with van der Waals surface area (Å²) in [7, 11) is 0. The quantitative estimate of drug-likeness (QED) is 0.301. The van der Waals surface area contributed by atoms with Gasteiger partial charge in [-0.05, 0) is 22.2 Å². The Morgan fingerprint density at radius 3 is 2.00 bits per heavy atom. The van der Waals surface area contributed by atoms with Gasteiger partial charge in [0.15, 0.2) is 0 Å². The van der Waals surface area contributed by atoms with Gasteiger partial charge in [0.05, 0.1) is 5.69 Å². The molecule has 3 nitrogen and oxygen atoms in total. The summed E-state index contributed by atoms with van der Waals surface area (Å²) in [6.07, 6.45) is 11.0. The van der Waals surface area contributed by atoms with Crippen molar-refractivity contribution in [3.63, 3.8) is 0 Å². The van der Waals surface area contributed by atoms with Gasteiger partial charge in [0.1, 0.15) is 0 Å². The molecular weight excluding hydrogens is 354 g/mol. The third-order valence-electron chi connectivity index (χ3n) is 4.14. The molecule has 0 aliphatic carbocycles. The minimum atomic E-state index is -1.07. The Hall–Kier alpha value is -3.24. The smallest absolute Gasteiger partial charge is 0.416 e. The van der Waals surface area contributed by atoms with E-state index in [-0.39, 0.29) is 0 Å². The Kier molecular flexibility index (Phi) is 5.79. The van der Waals surface area contributed by atoms with E-state index in [1.807, 2.05) is 54.6 Å². The van der Waals surface area contributed by atoms with E-state index in [1.54, 1.807) is 30.4 Å². The average molecular weight is 373 g/mol. The van der Waals surface area contributed by atoms with Crippen LogP contribution in [0.5, 0.6) is 0 Å². The third kappa shape index (κ3) is 3.81. The molecule has 1 N–H and O–H groups in total. The summed E-state index contributed by atoms with van der Waals surface area (Å²) in [4.78, 5) is 13.8. The van der Waals surface area contributed by atoms with E-state index in [1.165, 1.54) is 11.1 Å². The molecule has 4 heteroatoms. The lowest BCUT2D eigenvalue weighted by molar-refractivity contribution is 0.204. The molecule has 0 aromatic heterocycles. The topological polar surface area (TPSA) is 40.5 Å². The Balaban J connectivity index is 2.19. The summed E-state index contributed by atoms with van der Waals surface area (Å²) in [5.41, 5.74) is 0.548. The molecule has 0 spiro atoms. The molecule has 0 bridgehead atoms. The summed E-state index contributed by atoms with van der Waals surface area (Å²) < 4.78 is 0. The molecule has 0 saturated carbocycles. The molecule has 0 aliphatic rings. The molecule has 27 heavy (non-hydrogen) atoms. The largest absolute Gasteiger partial charge is 0.464 e. The lowest BCUT2D eigenvalue weighted by Crippen LogP contribution is -2.23. The Bertz CT molecular complexity index is 1100. The predicted molar refractivity (Wildman–Crippen MR) is 117 cm³/mol. The molecule has 0 unspecified atom stereocenters. The number of hydrogen-bond donors (Lipinski definition) is 2. The van der Waals surface area contributed by atoms with Crippen molar-refractivity contribution in [2.45, 2.75) is 4.90 Å². The number of nitrogens with zero attached hydrogens (tertiary/aromatic N) is 1. The number of hydrogen-bond acceptors (Lipinski definition) is 2. The first-order chi connectivity index (χ1) is 13.1. The Morgan fingerprint density at radius 2 is 1.37 bits per heavy atom. The zero-order valence-electron chi connectivity index (χ0n) is 14.6. The number of carboxylic acid groups (broad SMARTS) is 1. The van der Waals surface area contributed by atoms with Crippen LogP contribution in [0.15, 0.2) is 103 Å². The van der Waals surface area contributed by atoms with Gasteiger partial charge in [0.25, 0.3) is 0 Å². The molecular formula is C23H19NO2S. The first-order valence-electron chi connectivity index (χ1n) is 8.42. The second-order valence-electron chi connectivity index (χ2n) is 5.79. The van der Waals surface area contributed by atoms with Crippen molar-refractivity contribution >= 4 is 46.0 Å². The zero-order chi connectivity index (χ0) is 19.2. The number of benzene rings is 3.